The van der Waals surface area contributed by atoms with E-state index < -0.39 is 0 Å². The van der Waals surface area contributed by atoms with Gasteiger partial charge < -0.3 is 18.3 Å². The van der Waals surface area contributed by atoms with Crippen LogP contribution in [-0.2, 0) is 0 Å². The molecule has 0 saturated carbocycles. The maximum absolute atomic E-state index is 5.23. The number of nitrogens with zero attached hydrogens (tertiary/aromatic N) is 6. The summed E-state index contributed by atoms with van der Waals surface area (Å²) in [5, 5.41) is 15.0. The van der Waals surface area contributed by atoms with Crippen molar-refractivity contribution >= 4 is 109 Å². The first-order chi connectivity index (χ1) is 53.6. The molecule has 0 fully saturated rings. The zero-order valence-electron chi connectivity index (χ0n) is 58.8. The molecule has 0 N–H and O–H groups in total. The number of benzene rings is 16. The highest BCUT2D eigenvalue weighted by molar-refractivity contribution is 6.37. The highest BCUT2D eigenvalue weighted by Gasteiger charge is 2.27. The molecule has 22 rings (SSSR count). The van der Waals surface area contributed by atoms with E-state index in [4.69, 9.17) is 9.97 Å². The second-order valence-corrected chi connectivity index (χ2v) is 27.9. The Bertz CT molecular complexity index is 7110. The molecule has 6 heteroatoms. The average Bonchev–Trinajstić information content (AvgIpc) is 1.54. The van der Waals surface area contributed by atoms with E-state index in [9.17, 15) is 0 Å². The molecule has 0 aliphatic rings. The van der Waals surface area contributed by atoms with Gasteiger partial charge in [0.1, 0.15) is 0 Å². The summed E-state index contributed by atoms with van der Waals surface area (Å²) in [4.78, 5) is 10.4. The molecule has 0 atom stereocenters. The van der Waals surface area contributed by atoms with Crippen LogP contribution < -0.4 is 0 Å². The number of aromatic nitrogens is 6. The minimum Gasteiger partial charge on any atom is -0.309 e. The zero-order chi connectivity index (χ0) is 71.2. The molecule has 504 valence electrons. The number of para-hydroxylation sites is 5. The first-order valence-corrected chi connectivity index (χ1v) is 37.0. The third kappa shape index (κ3) is 10.3. The molecule has 22 aromatic rings. The molecule has 6 nitrogen and oxygen atoms in total. The molecule has 6 heterocycles. The van der Waals surface area contributed by atoms with Gasteiger partial charge in [-0.15, -0.1) is 0 Å². The highest BCUT2D eigenvalue weighted by atomic mass is 15.1. The van der Waals surface area contributed by atoms with Gasteiger partial charge in [-0.2, -0.15) is 0 Å². The van der Waals surface area contributed by atoms with E-state index in [1.807, 2.05) is 6.07 Å². The van der Waals surface area contributed by atoms with Crippen LogP contribution in [0.2, 0.25) is 0 Å². The summed E-state index contributed by atoms with van der Waals surface area (Å²) in [6, 6.07) is 144. The van der Waals surface area contributed by atoms with Crippen LogP contribution >= 0.6 is 0 Å². The maximum Gasteiger partial charge on any atom is 0.0789 e. The lowest BCUT2D eigenvalue weighted by Crippen LogP contribution is -1.99. The molecule has 16 aromatic carbocycles. The molecule has 0 bridgehead atoms. The Morgan fingerprint density at radius 2 is 0.481 bits per heavy atom. The molecular formula is C102H66N6. The molecule has 0 saturated heterocycles. The van der Waals surface area contributed by atoms with Crippen LogP contribution in [0.5, 0.6) is 0 Å². The first-order valence-electron chi connectivity index (χ1n) is 37.0. The van der Waals surface area contributed by atoms with Crippen molar-refractivity contribution in [2.45, 2.75) is 0 Å². The number of hydrogen-bond donors (Lipinski definition) is 0. The van der Waals surface area contributed by atoms with Crippen molar-refractivity contribution < 1.29 is 0 Å². The highest BCUT2D eigenvalue weighted by Crippen LogP contribution is 2.49. The van der Waals surface area contributed by atoms with Crippen LogP contribution in [0.4, 0.5) is 0 Å². The summed E-state index contributed by atoms with van der Waals surface area (Å²) < 4.78 is 9.86. The topological polar surface area (TPSA) is 45.5 Å². The van der Waals surface area contributed by atoms with E-state index in [1.165, 1.54) is 120 Å². The lowest BCUT2D eigenvalue weighted by molar-refractivity contribution is 1.15. The second-order valence-electron chi connectivity index (χ2n) is 27.9. The fourth-order valence-corrected chi connectivity index (χ4v) is 17.0. The predicted molar refractivity (Wildman–Crippen MR) is 453 cm³/mol. The molecule has 0 aliphatic carbocycles. The van der Waals surface area contributed by atoms with Gasteiger partial charge in [-0.3, -0.25) is 0 Å². The number of pyridine rings is 2. The predicted octanol–water partition coefficient (Wildman–Crippen LogP) is 26.9. The van der Waals surface area contributed by atoms with E-state index in [-0.39, 0.29) is 0 Å². The molecule has 0 amide bonds. The van der Waals surface area contributed by atoms with E-state index in [0.717, 1.165) is 78.9 Å². The average molecular weight is 1380 g/mol. The quantitative estimate of drug-likeness (QED) is 0.137. The van der Waals surface area contributed by atoms with Crippen molar-refractivity contribution in [1.29, 1.82) is 0 Å². The third-order valence-corrected chi connectivity index (χ3v) is 21.8. The fraction of sp³-hybridized carbons (Fsp3) is 0. The minimum atomic E-state index is 0.946. The van der Waals surface area contributed by atoms with Crippen molar-refractivity contribution in [2.75, 3.05) is 0 Å². The SMILES string of the molecule is c1ccc(-c2cc(-c3ccccc3)nc(-c3ccc(-n4c5ccc6ccccc6c5c5ccc6c7ccccc7n(-c7ccccc7)c6c54)cc3)c2)cc1.c1ccc(-c2cc(-c3ccccc3)nc(-c3ccc(-n4c5ccccc5c5c4c4ccccc4c4c6ccccc6n(-c6ccccc6)c45)cc3)c2)cc1. The van der Waals surface area contributed by atoms with Gasteiger partial charge >= 0.3 is 0 Å². The Balaban J connectivity index is 0.000000138. The Hall–Kier alpha value is -14.5. The Labute approximate surface area is 623 Å². The Kier molecular flexibility index (Phi) is 14.8. The Morgan fingerprint density at radius 1 is 0.157 bits per heavy atom. The van der Waals surface area contributed by atoms with E-state index in [2.05, 4.69) is 413 Å². The normalized spacial score (nSPS) is 11.7. The summed E-state index contributed by atoms with van der Waals surface area (Å²) in [6.45, 7) is 0. The number of hydrogen-bond acceptors (Lipinski definition) is 2. The van der Waals surface area contributed by atoms with Gasteiger partial charge in [0.25, 0.3) is 0 Å². The van der Waals surface area contributed by atoms with Crippen molar-refractivity contribution in [3.05, 3.63) is 400 Å². The molecule has 0 aliphatic heterocycles. The molecule has 0 spiro atoms. The maximum atomic E-state index is 5.23. The van der Waals surface area contributed by atoms with E-state index in [0.29, 0.717) is 0 Å². The van der Waals surface area contributed by atoms with Gasteiger partial charge in [-0.1, -0.05) is 303 Å². The van der Waals surface area contributed by atoms with Gasteiger partial charge in [-0.05, 0) is 135 Å². The smallest absolute Gasteiger partial charge is 0.0789 e. The van der Waals surface area contributed by atoms with Crippen molar-refractivity contribution in [3.8, 4) is 90.0 Å². The molecule has 108 heavy (non-hydrogen) atoms. The van der Waals surface area contributed by atoms with Gasteiger partial charge in [-0.25, -0.2) is 9.97 Å². The van der Waals surface area contributed by atoms with Crippen LogP contribution in [-0.4, -0.2) is 28.2 Å². The van der Waals surface area contributed by atoms with Crippen molar-refractivity contribution in [3.63, 3.8) is 0 Å². The van der Waals surface area contributed by atoms with E-state index in [1.54, 1.807) is 0 Å². The van der Waals surface area contributed by atoms with Gasteiger partial charge in [0.2, 0.25) is 0 Å². The van der Waals surface area contributed by atoms with E-state index >= 15 is 0 Å². The number of fused-ring (bicyclic) bond motifs is 19. The first kappa shape index (κ1) is 62.1. The third-order valence-electron chi connectivity index (χ3n) is 21.8. The van der Waals surface area contributed by atoms with Crippen LogP contribution in [0.1, 0.15) is 0 Å². The standard InChI is InChI=1S/2C51H33N3/c1-4-16-34(17-5-1)37-32-44(35-18-6-2-7-19-35)52-45(33-37)36-28-30-39(31-29-36)53-47-27-15-13-25-43(47)49-50(53)41-23-11-10-22-40(41)48-42-24-12-14-26-46(42)54(51(48)49)38-20-8-3-9-21-38;1-4-14-34(15-5-1)38-32-45(36-17-6-2-7-18-36)52-46(33-38)37-24-27-40(28-25-37)54-48-31-26-35-16-10-11-21-41(35)49(48)44-30-29-43-42-22-12-13-23-47(42)53(50(43)51(44)54)39-19-8-3-9-20-39/h2*1-33H. The lowest BCUT2D eigenvalue weighted by atomic mass is 9.99. The second kappa shape index (κ2) is 25.7. The Morgan fingerprint density at radius 3 is 0.981 bits per heavy atom. The minimum absolute atomic E-state index is 0.946. The monoisotopic (exact) mass is 1370 g/mol. The summed E-state index contributed by atoms with van der Waals surface area (Å²) >= 11 is 0. The van der Waals surface area contributed by atoms with Crippen LogP contribution in [0.3, 0.4) is 0 Å². The van der Waals surface area contributed by atoms with Crippen LogP contribution in [0.25, 0.3) is 199 Å². The summed E-state index contributed by atoms with van der Waals surface area (Å²) in [6.07, 6.45) is 0. The van der Waals surface area contributed by atoms with Crippen LogP contribution in [0, 0.1) is 0 Å². The molecule has 6 aromatic heterocycles. The summed E-state index contributed by atoms with van der Waals surface area (Å²) in [5.74, 6) is 0. The molecule has 0 unspecified atom stereocenters. The van der Waals surface area contributed by atoms with Gasteiger partial charge in [0, 0.05) is 93.5 Å². The molecular weight excluding hydrogens is 1310 g/mol. The fourth-order valence-electron chi connectivity index (χ4n) is 17.0. The largest absolute Gasteiger partial charge is 0.309 e. The zero-order valence-corrected chi connectivity index (χ0v) is 58.8. The number of rotatable bonds is 10. The summed E-state index contributed by atoms with van der Waals surface area (Å²) in [7, 11) is 0. The lowest BCUT2D eigenvalue weighted by Gasteiger charge is -2.14. The van der Waals surface area contributed by atoms with Gasteiger partial charge in [0.15, 0.2) is 0 Å². The van der Waals surface area contributed by atoms with Crippen molar-refractivity contribution in [1.82, 2.24) is 28.2 Å². The van der Waals surface area contributed by atoms with Crippen LogP contribution in [0.15, 0.2) is 400 Å². The van der Waals surface area contributed by atoms with Crippen molar-refractivity contribution in [2.24, 2.45) is 0 Å². The summed E-state index contributed by atoms with van der Waals surface area (Å²) in [5.41, 5.74) is 26.9. The van der Waals surface area contributed by atoms with Gasteiger partial charge in [0.05, 0.1) is 66.9 Å². The molecule has 0 radical (unpaired) electrons.